The Morgan fingerprint density at radius 2 is 1.82 bits per heavy atom. The van der Waals surface area contributed by atoms with Gasteiger partial charge in [-0.3, -0.25) is 9.59 Å². The Morgan fingerprint density at radius 1 is 1.14 bits per heavy atom. The molecule has 0 aliphatic heterocycles. The van der Waals surface area contributed by atoms with Crippen LogP contribution < -0.4 is 10.1 Å². The third-order valence-electron chi connectivity index (χ3n) is 4.23. The summed E-state index contributed by atoms with van der Waals surface area (Å²) in [6.07, 6.45) is -0.263. The number of benzene rings is 2. The summed E-state index contributed by atoms with van der Waals surface area (Å²) in [5, 5.41) is 12.0. The molecule has 0 saturated heterocycles. The second kappa shape index (κ2) is 8.39. The molecule has 144 valence electrons. The first-order valence-electron chi connectivity index (χ1n) is 8.67. The fraction of sp³-hybridized carbons (Fsp3) is 0.190. The van der Waals surface area contributed by atoms with E-state index in [0.717, 1.165) is 5.56 Å². The number of rotatable bonds is 7. The van der Waals surface area contributed by atoms with Gasteiger partial charge in [-0.1, -0.05) is 30.3 Å². The number of carboxylic acids is 1. The number of carboxylic acid groups (broad SMARTS) is 1. The van der Waals surface area contributed by atoms with Crippen molar-refractivity contribution in [3.05, 3.63) is 71.6 Å². The lowest BCUT2D eigenvalue weighted by Crippen LogP contribution is -2.30. The molecule has 7 nitrogen and oxygen atoms in total. The van der Waals surface area contributed by atoms with E-state index in [9.17, 15) is 14.7 Å². The van der Waals surface area contributed by atoms with Crippen molar-refractivity contribution in [2.75, 3.05) is 7.11 Å². The number of nitrogens with zero attached hydrogens (tertiary/aromatic N) is 1. The van der Waals surface area contributed by atoms with Gasteiger partial charge in [-0.25, -0.2) is 4.98 Å². The predicted molar refractivity (Wildman–Crippen MR) is 102 cm³/mol. The standard InChI is InChI=1S/C21H20N2O5/c1-13-19(23-21(28-13)15-6-4-3-5-7-15)20(26)22-17(12-18(24)25)14-8-10-16(27-2)11-9-14/h3-11,17H,12H2,1-2H3,(H,22,26)(H,24,25). The first-order valence-corrected chi connectivity index (χ1v) is 8.67. The van der Waals surface area contributed by atoms with E-state index in [1.807, 2.05) is 30.3 Å². The van der Waals surface area contributed by atoms with Crippen LogP contribution in [0.25, 0.3) is 11.5 Å². The first kappa shape index (κ1) is 19.2. The Balaban J connectivity index is 1.83. The highest BCUT2D eigenvalue weighted by Crippen LogP contribution is 2.24. The average molecular weight is 380 g/mol. The number of carbonyl (C=O) groups excluding carboxylic acids is 1. The van der Waals surface area contributed by atoms with Crippen LogP contribution in [0.1, 0.15) is 34.3 Å². The molecule has 0 radical (unpaired) electrons. The van der Waals surface area contributed by atoms with Gasteiger partial charge in [0.2, 0.25) is 5.89 Å². The van der Waals surface area contributed by atoms with Crippen LogP contribution in [0, 0.1) is 6.92 Å². The van der Waals surface area contributed by atoms with E-state index < -0.39 is 17.9 Å². The van der Waals surface area contributed by atoms with Crippen LogP contribution in [-0.4, -0.2) is 29.1 Å². The maximum absolute atomic E-state index is 12.7. The van der Waals surface area contributed by atoms with Gasteiger partial charge in [0, 0.05) is 5.56 Å². The van der Waals surface area contributed by atoms with E-state index in [1.54, 1.807) is 38.3 Å². The van der Waals surface area contributed by atoms with Crippen molar-refractivity contribution in [1.82, 2.24) is 10.3 Å². The Morgan fingerprint density at radius 3 is 2.43 bits per heavy atom. The molecule has 0 saturated carbocycles. The van der Waals surface area contributed by atoms with Gasteiger partial charge in [0.1, 0.15) is 11.5 Å². The molecule has 1 amide bonds. The lowest BCUT2D eigenvalue weighted by atomic mass is 10.0. The third kappa shape index (κ3) is 4.37. The van der Waals surface area contributed by atoms with Gasteiger partial charge in [0.15, 0.2) is 5.69 Å². The molecule has 28 heavy (non-hydrogen) atoms. The van der Waals surface area contributed by atoms with Crippen molar-refractivity contribution in [2.45, 2.75) is 19.4 Å². The maximum Gasteiger partial charge on any atom is 0.305 e. The van der Waals surface area contributed by atoms with Crippen molar-refractivity contribution in [3.8, 4) is 17.2 Å². The van der Waals surface area contributed by atoms with E-state index >= 15 is 0 Å². The normalized spacial score (nSPS) is 11.6. The largest absolute Gasteiger partial charge is 0.497 e. The fourth-order valence-electron chi connectivity index (χ4n) is 2.80. The van der Waals surface area contributed by atoms with Gasteiger partial charge >= 0.3 is 5.97 Å². The molecule has 0 aliphatic carbocycles. The van der Waals surface area contributed by atoms with Crippen LogP contribution in [0.2, 0.25) is 0 Å². The summed E-state index contributed by atoms with van der Waals surface area (Å²) in [6.45, 7) is 1.65. The number of methoxy groups -OCH3 is 1. The number of hydrogen-bond donors (Lipinski definition) is 2. The Kier molecular flexibility index (Phi) is 5.74. The lowest BCUT2D eigenvalue weighted by molar-refractivity contribution is -0.137. The number of ether oxygens (including phenoxy) is 1. The lowest BCUT2D eigenvalue weighted by Gasteiger charge is -2.17. The van der Waals surface area contributed by atoms with Gasteiger partial charge in [-0.15, -0.1) is 0 Å². The van der Waals surface area contributed by atoms with Gasteiger partial charge in [-0.05, 0) is 36.8 Å². The number of hydrogen-bond acceptors (Lipinski definition) is 5. The fourth-order valence-corrected chi connectivity index (χ4v) is 2.80. The molecular weight excluding hydrogens is 360 g/mol. The molecule has 0 bridgehead atoms. The summed E-state index contributed by atoms with van der Waals surface area (Å²) >= 11 is 0. The zero-order valence-corrected chi connectivity index (χ0v) is 15.5. The molecular formula is C21H20N2O5. The molecule has 0 aliphatic rings. The summed E-state index contributed by atoms with van der Waals surface area (Å²) in [7, 11) is 1.54. The topological polar surface area (TPSA) is 102 Å². The molecule has 3 aromatic rings. The van der Waals surface area contributed by atoms with Crippen LogP contribution in [0.15, 0.2) is 59.0 Å². The number of amides is 1. The van der Waals surface area contributed by atoms with Crippen LogP contribution in [0.4, 0.5) is 0 Å². The molecule has 3 rings (SSSR count). The highest BCUT2D eigenvalue weighted by molar-refractivity contribution is 5.94. The van der Waals surface area contributed by atoms with Gasteiger partial charge in [0.05, 0.1) is 19.6 Å². The predicted octanol–water partition coefficient (Wildman–Crippen LogP) is 3.60. The average Bonchev–Trinajstić information content (AvgIpc) is 3.10. The monoisotopic (exact) mass is 380 g/mol. The van der Waals surface area contributed by atoms with Crippen molar-refractivity contribution >= 4 is 11.9 Å². The van der Waals surface area contributed by atoms with Crippen LogP contribution in [-0.2, 0) is 4.79 Å². The molecule has 0 fully saturated rings. The number of carbonyl (C=O) groups is 2. The van der Waals surface area contributed by atoms with E-state index in [-0.39, 0.29) is 12.1 Å². The number of aryl methyl sites for hydroxylation is 1. The molecule has 0 spiro atoms. The second-order valence-electron chi connectivity index (χ2n) is 6.19. The maximum atomic E-state index is 12.7. The zero-order chi connectivity index (χ0) is 20.1. The van der Waals surface area contributed by atoms with E-state index in [1.165, 1.54) is 0 Å². The minimum absolute atomic E-state index is 0.128. The Hall–Kier alpha value is -3.61. The van der Waals surface area contributed by atoms with Crippen molar-refractivity contribution < 1.29 is 23.8 Å². The molecule has 7 heteroatoms. The summed E-state index contributed by atoms with van der Waals surface area (Å²) in [6, 6.07) is 15.4. The first-order chi connectivity index (χ1) is 13.5. The molecule has 1 heterocycles. The van der Waals surface area contributed by atoms with Crippen molar-refractivity contribution in [3.63, 3.8) is 0 Å². The summed E-state index contributed by atoms with van der Waals surface area (Å²) in [5.41, 5.74) is 1.53. The van der Waals surface area contributed by atoms with Crippen molar-refractivity contribution in [2.24, 2.45) is 0 Å². The number of aromatic nitrogens is 1. The molecule has 2 aromatic carbocycles. The van der Waals surface area contributed by atoms with E-state index in [4.69, 9.17) is 9.15 Å². The summed E-state index contributed by atoms with van der Waals surface area (Å²) in [4.78, 5) is 28.3. The van der Waals surface area contributed by atoms with E-state index in [2.05, 4.69) is 10.3 Å². The molecule has 1 unspecified atom stereocenters. The third-order valence-corrected chi connectivity index (χ3v) is 4.23. The smallest absolute Gasteiger partial charge is 0.305 e. The number of aliphatic carboxylic acids is 1. The second-order valence-corrected chi connectivity index (χ2v) is 6.19. The highest BCUT2D eigenvalue weighted by atomic mass is 16.5. The zero-order valence-electron chi connectivity index (χ0n) is 15.5. The number of nitrogens with one attached hydrogen (secondary N) is 1. The summed E-state index contributed by atoms with van der Waals surface area (Å²) < 4.78 is 10.7. The van der Waals surface area contributed by atoms with Gasteiger partial charge in [-0.2, -0.15) is 0 Å². The SMILES string of the molecule is COc1ccc(C(CC(=O)O)NC(=O)c2nc(-c3ccccc3)oc2C)cc1. The van der Waals surface area contributed by atoms with Crippen LogP contribution in [0.5, 0.6) is 5.75 Å². The Labute approximate surface area is 162 Å². The highest BCUT2D eigenvalue weighted by Gasteiger charge is 2.23. The van der Waals surface area contributed by atoms with Gasteiger partial charge in [0.25, 0.3) is 5.91 Å². The summed E-state index contributed by atoms with van der Waals surface area (Å²) in [5.74, 6) is -0.180. The minimum atomic E-state index is -1.03. The van der Waals surface area contributed by atoms with Crippen LogP contribution in [0.3, 0.4) is 0 Å². The molecule has 1 aromatic heterocycles. The quantitative estimate of drug-likeness (QED) is 0.649. The Bertz CT molecular complexity index is 964. The van der Waals surface area contributed by atoms with E-state index in [0.29, 0.717) is 23.0 Å². The number of oxazole rings is 1. The molecule has 2 N–H and O–H groups in total. The minimum Gasteiger partial charge on any atom is -0.497 e. The van der Waals surface area contributed by atoms with Crippen LogP contribution >= 0.6 is 0 Å². The molecule has 1 atom stereocenters. The van der Waals surface area contributed by atoms with Gasteiger partial charge < -0.3 is 19.6 Å². The van der Waals surface area contributed by atoms with Crippen molar-refractivity contribution in [1.29, 1.82) is 0 Å².